The van der Waals surface area contributed by atoms with E-state index in [0.29, 0.717) is 11.6 Å². The monoisotopic (exact) mass is 242 g/mol. The first kappa shape index (κ1) is 11.3. The van der Waals surface area contributed by atoms with Crippen molar-refractivity contribution in [2.45, 2.75) is 39.0 Å². The third-order valence-corrected chi connectivity index (χ3v) is 3.94. The van der Waals surface area contributed by atoms with Gasteiger partial charge < -0.3 is 10.3 Å². The topological polar surface area (TPSA) is 52.0 Å². The smallest absolute Gasteiger partial charge is 0.147 e. The number of nitrogens with zero attached hydrogens (tertiary/aromatic N) is 1. The molecule has 0 aliphatic heterocycles. The second kappa shape index (κ2) is 4.16. The highest BCUT2D eigenvalue weighted by molar-refractivity contribution is 5.46. The lowest BCUT2D eigenvalue weighted by atomic mass is 9.79. The van der Waals surface area contributed by atoms with Gasteiger partial charge in [0.25, 0.3) is 0 Å². The van der Waals surface area contributed by atoms with Crippen molar-refractivity contribution in [3.63, 3.8) is 0 Å². The Balaban J connectivity index is 1.96. The zero-order valence-corrected chi connectivity index (χ0v) is 10.9. The fourth-order valence-corrected chi connectivity index (χ4v) is 3.08. The van der Waals surface area contributed by atoms with E-state index in [1.165, 1.54) is 28.5 Å². The molecular formula is C15H18N2O. The first-order chi connectivity index (χ1) is 8.65. The molecule has 1 atom stereocenters. The van der Waals surface area contributed by atoms with Crippen LogP contribution in [0.1, 0.15) is 40.3 Å². The number of benzene rings is 1. The molecule has 2 aromatic rings. The Kier molecular flexibility index (Phi) is 2.62. The highest BCUT2D eigenvalue weighted by Crippen LogP contribution is 2.36. The number of fused-ring (bicyclic) bond motifs is 1. The molecule has 1 unspecified atom stereocenters. The number of hydrogen-bond acceptors (Lipinski definition) is 3. The van der Waals surface area contributed by atoms with Gasteiger partial charge in [-0.3, -0.25) is 0 Å². The van der Waals surface area contributed by atoms with Gasteiger partial charge in [-0.15, -0.1) is 0 Å². The molecule has 3 rings (SSSR count). The van der Waals surface area contributed by atoms with Gasteiger partial charge in [0.2, 0.25) is 0 Å². The van der Waals surface area contributed by atoms with E-state index in [4.69, 9.17) is 10.3 Å². The molecule has 1 aliphatic rings. The predicted octanol–water partition coefficient (Wildman–Crippen LogP) is 3.15. The molecule has 0 spiro atoms. The molecule has 0 saturated carbocycles. The van der Waals surface area contributed by atoms with Crippen molar-refractivity contribution in [1.29, 1.82) is 0 Å². The summed E-state index contributed by atoms with van der Waals surface area (Å²) in [4.78, 5) is 0. The number of hydrogen-bond donors (Lipinski definition) is 1. The zero-order valence-electron chi connectivity index (χ0n) is 10.9. The van der Waals surface area contributed by atoms with Crippen molar-refractivity contribution in [2.24, 2.45) is 0 Å². The Labute approximate surface area is 107 Å². The fraction of sp³-hybridized carbons (Fsp3) is 0.400. The normalized spacial score (nSPS) is 18.7. The lowest BCUT2D eigenvalue weighted by molar-refractivity contribution is 0.399. The first-order valence-electron chi connectivity index (χ1n) is 6.44. The van der Waals surface area contributed by atoms with Crippen LogP contribution in [0.15, 0.2) is 22.9 Å². The Morgan fingerprint density at radius 3 is 2.89 bits per heavy atom. The van der Waals surface area contributed by atoms with Crippen LogP contribution in [0.4, 0.5) is 5.69 Å². The molecule has 2 N–H and O–H groups in total. The molecule has 18 heavy (non-hydrogen) atoms. The molecule has 0 saturated heterocycles. The van der Waals surface area contributed by atoms with E-state index in [-0.39, 0.29) is 0 Å². The molecule has 94 valence electrons. The van der Waals surface area contributed by atoms with Gasteiger partial charge >= 0.3 is 0 Å². The summed E-state index contributed by atoms with van der Waals surface area (Å²) in [5.74, 6) is 0.401. The molecule has 1 aromatic carbocycles. The number of aromatic nitrogens is 1. The van der Waals surface area contributed by atoms with Crippen molar-refractivity contribution in [3.8, 4) is 0 Å². The van der Waals surface area contributed by atoms with Crippen molar-refractivity contribution in [2.75, 3.05) is 5.73 Å². The standard InChI is InChI=1S/C15H18N2O/c1-9-5-10(2)13-7-12(4-3-11(13)6-9)15-14(16)8-18-17-15/h5-6,8,12H,3-4,7,16H2,1-2H3. The van der Waals surface area contributed by atoms with Gasteiger partial charge in [-0.25, -0.2) is 0 Å². The minimum Gasteiger partial charge on any atom is -0.395 e. The van der Waals surface area contributed by atoms with E-state index < -0.39 is 0 Å². The fourth-order valence-electron chi connectivity index (χ4n) is 3.08. The van der Waals surface area contributed by atoms with E-state index in [1.807, 2.05) is 0 Å². The molecule has 3 nitrogen and oxygen atoms in total. The molecule has 0 bridgehead atoms. The molecular weight excluding hydrogens is 224 g/mol. The SMILES string of the molecule is Cc1cc(C)c2c(c1)CCC(c1nocc1N)C2. The third kappa shape index (κ3) is 1.80. The number of rotatable bonds is 1. The first-order valence-corrected chi connectivity index (χ1v) is 6.44. The summed E-state index contributed by atoms with van der Waals surface area (Å²) in [6, 6.07) is 4.57. The van der Waals surface area contributed by atoms with Gasteiger partial charge in [0.1, 0.15) is 12.0 Å². The average Bonchev–Trinajstić information content (AvgIpc) is 2.75. The molecule has 0 fully saturated rings. The summed E-state index contributed by atoms with van der Waals surface area (Å²) in [6.45, 7) is 4.36. The van der Waals surface area contributed by atoms with Gasteiger partial charge in [-0.1, -0.05) is 22.9 Å². The van der Waals surface area contributed by atoms with Gasteiger partial charge in [0.05, 0.1) is 5.69 Å². The van der Waals surface area contributed by atoms with E-state index >= 15 is 0 Å². The van der Waals surface area contributed by atoms with Crippen LogP contribution in [0.25, 0.3) is 0 Å². The lowest BCUT2D eigenvalue weighted by Crippen LogP contribution is -2.15. The number of aryl methyl sites for hydroxylation is 3. The maximum atomic E-state index is 5.90. The molecule has 3 heteroatoms. The highest BCUT2D eigenvalue weighted by Gasteiger charge is 2.25. The second-order valence-electron chi connectivity index (χ2n) is 5.31. The van der Waals surface area contributed by atoms with Crippen molar-refractivity contribution >= 4 is 5.69 Å². The summed E-state index contributed by atoms with van der Waals surface area (Å²) in [6.07, 6.45) is 4.77. The van der Waals surface area contributed by atoms with Crippen molar-refractivity contribution in [1.82, 2.24) is 5.16 Å². The van der Waals surface area contributed by atoms with E-state index in [2.05, 4.69) is 31.1 Å². The van der Waals surface area contributed by atoms with Crippen LogP contribution in [0.5, 0.6) is 0 Å². The minimum atomic E-state index is 0.401. The van der Waals surface area contributed by atoms with Crippen LogP contribution in [-0.2, 0) is 12.8 Å². The van der Waals surface area contributed by atoms with Gasteiger partial charge in [0, 0.05) is 5.92 Å². The number of nitrogen functional groups attached to an aromatic ring is 1. The summed E-state index contributed by atoms with van der Waals surface area (Å²) in [5.41, 5.74) is 13.2. The van der Waals surface area contributed by atoms with Crippen LogP contribution in [0.3, 0.4) is 0 Å². The number of anilines is 1. The third-order valence-electron chi connectivity index (χ3n) is 3.94. The van der Waals surface area contributed by atoms with Crippen molar-refractivity contribution in [3.05, 3.63) is 46.3 Å². The Hall–Kier alpha value is -1.77. The minimum absolute atomic E-state index is 0.401. The summed E-state index contributed by atoms with van der Waals surface area (Å²) in [5, 5.41) is 4.06. The van der Waals surface area contributed by atoms with Crippen LogP contribution in [0, 0.1) is 13.8 Å². The Bertz CT molecular complexity index is 586. The van der Waals surface area contributed by atoms with E-state index in [0.717, 1.165) is 25.0 Å². The molecule has 0 radical (unpaired) electrons. The van der Waals surface area contributed by atoms with Crippen LogP contribution in [0.2, 0.25) is 0 Å². The molecule has 0 amide bonds. The summed E-state index contributed by atoms with van der Waals surface area (Å²) >= 11 is 0. The molecule has 1 aliphatic carbocycles. The lowest BCUT2D eigenvalue weighted by Gasteiger charge is -2.25. The molecule has 1 heterocycles. The maximum Gasteiger partial charge on any atom is 0.147 e. The van der Waals surface area contributed by atoms with Crippen LogP contribution in [-0.4, -0.2) is 5.16 Å². The highest BCUT2D eigenvalue weighted by atomic mass is 16.5. The van der Waals surface area contributed by atoms with Crippen LogP contribution < -0.4 is 5.73 Å². The summed E-state index contributed by atoms with van der Waals surface area (Å²) < 4.78 is 4.96. The van der Waals surface area contributed by atoms with E-state index in [1.54, 1.807) is 0 Å². The number of nitrogens with two attached hydrogens (primary N) is 1. The quantitative estimate of drug-likeness (QED) is 0.835. The van der Waals surface area contributed by atoms with E-state index in [9.17, 15) is 0 Å². The molecule has 1 aromatic heterocycles. The van der Waals surface area contributed by atoms with Gasteiger partial charge in [-0.05, 0) is 49.8 Å². The van der Waals surface area contributed by atoms with Crippen LogP contribution >= 0.6 is 0 Å². The maximum absolute atomic E-state index is 5.90. The summed E-state index contributed by atoms with van der Waals surface area (Å²) in [7, 11) is 0. The van der Waals surface area contributed by atoms with Gasteiger partial charge in [-0.2, -0.15) is 0 Å². The Morgan fingerprint density at radius 1 is 1.33 bits per heavy atom. The zero-order chi connectivity index (χ0) is 12.7. The largest absolute Gasteiger partial charge is 0.395 e. The van der Waals surface area contributed by atoms with Crippen molar-refractivity contribution < 1.29 is 4.52 Å². The Morgan fingerprint density at radius 2 is 2.17 bits per heavy atom. The average molecular weight is 242 g/mol. The predicted molar refractivity (Wildman–Crippen MR) is 71.6 cm³/mol. The van der Waals surface area contributed by atoms with Gasteiger partial charge in [0.15, 0.2) is 0 Å². The second-order valence-corrected chi connectivity index (χ2v) is 5.31.